The minimum Gasteiger partial charge on any atom is -0.310 e. The van der Waals surface area contributed by atoms with Crippen molar-refractivity contribution in [3.8, 4) is 0 Å². The molecule has 0 saturated carbocycles. The molecule has 0 radical (unpaired) electrons. The second-order valence-electron chi connectivity index (χ2n) is 4.66. The van der Waals surface area contributed by atoms with E-state index in [0.717, 1.165) is 13.0 Å². The lowest BCUT2D eigenvalue weighted by Crippen LogP contribution is -2.21. The summed E-state index contributed by atoms with van der Waals surface area (Å²) in [5, 5.41) is 3.58. The van der Waals surface area contributed by atoms with Crippen LogP contribution in [0.2, 0.25) is 0 Å². The fourth-order valence-corrected chi connectivity index (χ4v) is 3.19. The van der Waals surface area contributed by atoms with Crippen LogP contribution in [-0.4, -0.2) is 11.5 Å². The second kappa shape index (κ2) is 6.12. The third-order valence-electron chi connectivity index (χ3n) is 3.13. The number of nitrogens with one attached hydrogen (secondary N) is 1. The molecule has 0 aliphatic rings. The Bertz CT molecular complexity index is 490. The van der Waals surface area contributed by atoms with Crippen molar-refractivity contribution in [2.75, 3.05) is 6.54 Å². The van der Waals surface area contributed by atoms with E-state index in [1.54, 1.807) is 0 Å². The summed E-state index contributed by atoms with van der Waals surface area (Å²) >= 11 is 1.88. The topological polar surface area (TPSA) is 24.9 Å². The molecular formula is C15H20N2S. The predicted molar refractivity (Wildman–Crippen MR) is 78.2 cm³/mol. The molecule has 2 rings (SSSR count). The van der Waals surface area contributed by atoms with Crippen LogP contribution >= 0.6 is 11.3 Å². The number of nitrogens with zero attached hydrogens (tertiary/aromatic N) is 1. The van der Waals surface area contributed by atoms with E-state index in [2.05, 4.69) is 43.2 Å². The van der Waals surface area contributed by atoms with Crippen molar-refractivity contribution in [1.29, 1.82) is 0 Å². The smallest absolute Gasteiger partial charge is 0.0302 e. The Morgan fingerprint density at radius 2 is 2.22 bits per heavy atom. The molecule has 0 fully saturated rings. The summed E-state index contributed by atoms with van der Waals surface area (Å²) in [7, 11) is 0. The summed E-state index contributed by atoms with van der Waals surface area (Å²) in [5.74, 6) is 0. The van der Waals surface area contributed by atoms with Gasteiger partial charge in [0.15, 0.2) is 0 Å². The first-order valence-electron chi connectivity index (χ1n) is 6.36. The third-order valence-corrected chi connectivity index (χ3v) is 4.11. The van der Waals surface area contributed by atoms with E-state index in [0.29, 0.717) is 6.04 Å². The molecule has 0 aromatic carbocycles. The summed E-state index contributed by atoms with van der Waals surface area (Å²) in [6, 6.07) is 6.83. The first-order chi connectivity index (χ1) is 8.66. The summed E-state index contributed by atoms with van der Waals surface area (Å²) in [6.45, 7) is 7.59. The van der Waals surface area contributed by atoms with Gasteiger partial charge in [0.1, 0.15) is 0 Å². The minimum absolute atomic E-state index is 0.423. The monoisotopic (exact) mass is 260 g/mol. The van der Waals surface area contributed by atoms with Crippen molar-refractivity contribution in [3.05, 3.63) is 51.5 Å². The van der Waals surface area contributed by atoms with Crippen molar-refractivity contribution in [1.82, 2.24) is 10.3 Å². The molecule has 18 heavy (non-hydrogen) atoms. The molecule has 1 N–H and O–H groups in total. The van der Waals surface area contributed by atoms with Gasteiger partial charge >= 0.3 is 0 Å². The zero-order valence-corrected chi connectivity index (χ0v) is 12.1. The number of pyridine rings is 1. The number of thiophene rings is 1. The predicted octanol–water partition coefficient (Wildman–Crippen LogP) is 3.65. The van der Waals surface area contributed by atoms with Gasteiger partial charge in [-0.3, -0.25) is 4.98 Å². The molecule has 2 heterocycles. The zero-order chi connectivity index (χ0) is 13.0. The SMILES string of the molecule is Cc1cc(C(C)NCCc2cccnc2)c(C)s1. The first-order valence-corrected chi connectivity index (χ1v) is 7.17. The second-order valence-corrected chi connectivity index (χ2v) is 6.12. The van der Waals surface area contributed by atoms with Crippen LogP contribution in [0.25, 0.3) is 0 Å². The highest BCUT2D eigenvalue weighted by Crippen LogP contribution is 2.25. The molecule has 0 aliphatic heterocycles. The van der Waals surface area contributed by atoms with Crippen LogP contribution in [0.3, 0.4) is 0 Å². The van der Waals surface area contributed by atoms with E-state index in [-0.39, 0.29) is 0 Å². The Labute approximate surface area is 113 Å². The van der Waals surface area contributed by atoms with Gasteiger partial charge in [-0.15, -0.1) is 11.3 Å². The van der Waals surface area contributed by atoms with Crippen LogP contribution in [0.5, 0.6) is 0 Å². The first kappa shape index (κ1) is 13.2. The maximum absolute atomic E-state index is 4.13. The van der Waals surface area contributed by atoms with Gasteiger partial charge < -0.3 is 5.32 Å². The summed E-state index contributed by atoms with van der Waals surface area (Å²) in [4.78, 5) is 6.95. The van der Waals surface area contributed by atoms with Gasteiger partial charge in [0.2, 0.25) is 0 Å². The third kappa shape index (κ3) is 3.40. The van der Waals surface area contributed by atoms with Gasteiger partial charge in [0.25, 0.3) is 0 Å². The molecule has 96 valence electrons. The molecule has 0 saturated heterocycles. The lowest BCUT2D eigenvalue weighted by Gasteiger charge is -2.13. The summed E-state index contributed by atoms with van der Waals surface area (Å²) in [6.07, 6.45) is 4.78. The highest BCUT2D eigenvalue weighted by atomic mass is 32.1. The van der Waals surface area contributed by atoms with Gasteiger partial charge in [-0.2, -0.15) is 0 Å². The van der Waals surface area contributed by atoms with Crippen molar-refractivity contribution >= 4 is 11.3 Å². The molecule has 1 atom stereocenters. The lowest BCUT2D eigenvalue weighted by atomic mass is 10.1. The van der Waals surface area contributed by atoms with Gasteiger partial charge in [0.05, 0.1) is 0 Å². The van der Waals surface area contributed by atoms with E-state index >= 15 is 0 Å². The van der Waals surface area contributed by atoms with Crippen molar-refractivity contribution in [2.24, 2.45) is 0 Å². The molecule has 0 spiro atoms. The van der Waals surface area contributed by atoms with E-state index in [4.69, 9.17) is 0 Å². The number of hydrogen-bond donors (Lipinski definition) is 1. The van der Waals surface area contributed by atoms with E-state index in [9.17, 15) is 0 Å². The van der Waals surface area contributed by atoms with E-state index < -0.39 is 0 Å². The van der Waals surface area contributed by atoms with Crippen molar-refractivity contribution in [3.63, 3.8) is 0 Å². The molecule has 2 aromatic heterocycles. The molecular weight excluding hydrogens is 240 g/mol. The highest BCUT2D eigenvalue weighted by molar-refractivity contribution is 7.12. The lowest BCUT2D eigenvalue weighted by molar-refractivity contribution is 0.576. The molecule has 2 nitrogen and oxygen atoms in total. The molecule has 2 aromatic rings. The number of rotatable bonds is 5. The fraction of sp³-hybridized carbons (Fsp3) is 0.400. The maximum Gasteiger partial charge on any atom is 0.0302 e. The number of hydrogen-bond acceptors (Lipinski definition) is 3. The quantitative estimate of drug-likeness (QED) is 0.887. The largest absolute Gasteiger partial charge is 0.310 e. The molecule has 0 amide bonds. The van der Waals surface area contributed by atoms with Gasteiger partial charge in [0, 0.05) is 28.2 Å². The molecule has 1 unspecified atom stereocenters. The highest BCUT2D eigenvalue weighted by Gasteiger charge is 2.10. The van der Waals surface area contributed by atoms with Crippen LogP contribution in [0.1, 0.15) is 33.8 Å². The summed E-state index contributed by atoms with van der Waals surface area (Å²) < 4.78 is 0. The maximum atomic E-state index is 4.13. The van der Waals surface area contributed by atoms with Gasteiger partial charge in [-0.25, -0.2) is 0 Å². The van der Waals surface area contributed by atoms with Crippen LogP contribution in [0.4, 0.5) is 0 Å². The van der Waals surface area contributed by atoms with Crippen LogP contribution in [0.15, 0.2) is 30.6 Å². The Morgan fingerprint density at radius 3 is 2.83 bits per heavy atom. The van der Waals surface area contributed by atoms with E-state index in [1.807, 2.05) is 29.8 Å². The zero-order valence-electron chi connectivity index (χ0n) is 11.2. The number of aryl methyl sites for hydroxylation is 2. The number of aromatic nitrogens is 1. The fourth-order valence-electron chi connectivity index (χ4n) is 2.17. The average Bonchev–Trinajstić information content (AvgIpc) is 2.70. The van der Waals surface area contributed by atoms with Crippen LogP contribution in [-0.2, 0) is 6.42 Å². The van der Waals surface area contributed by atoms with Gasteiger partial charge in [-0.05, 0) is 57.0 Å². The molecule has 3 heteroatoms. The van der Waals surface area contributed by atoms with E-state index in [1.165, 1.54) is 20.9 Å². The summed E-state index contributed by atoms with van der Waals surface area (Å²) in [5.41, 5.74) is 2.72. The Hall–Kier alpha value is -1.19. The minimum atomic E-state index is 0.423. The Kier molecular flexibility index (Phi) is 4.50. The standard InChI is InChI=1S/C15H20N2S/c1-11-9-15(13(3)18-11)12(2)17-8-6-14-5-4-7-16-10-14/h4-5,7,9-10,12,17H,6,8H2,1-3H3. The van der Waals surface area contributed by atoms with Crippen LogP contribution in [0, 0.1) is 13.8 Å². The van der Waals surface area contributed by atoms with Crippen molar-refractivity contribution < 1.29 is 0 Å². The molecule has 0 aliphatic carbocycles. The Balaban J connectivity index is 1.85. The Morgan fingerprint density at radius 1 is 1.39 bits per heavy atom. The van der Waals surface area contributed by atoms with Crippen LogP contribution < -0.4 is 5.32 Å². The van der Waals surface area contributed by atoms with Crippen molar-refractivity contribution in [2.45, 2.75) is 33.2 Å². The molecule has 0 bridgehead atoms. The average molecular weight is 260 g/mol. The van der Waals surface area contributed by atoms with Gasteiger partial charge in [-0.1, -0.05) is 6.07 Å². The normalized spacial score (nSPS) is 12.6.